The molecule has 1 N–H and O–H groups in total. The van der Waals surface area contributed by atoms with Crippen LogP contribution in [-0.2, 0) is 6.54 Å². The highest BCUT2D eigenvalue weighted by atomic mass is 35.5. The normalized spacial score (nSPS) is 10.8. The minimum atomic E-state index is 0.819. The molecule has 0 saturated heterocycles. The maximum atomic E-state index is 6.44. The molecule has 0 aromatic heterocycles. The van der Waals surface area contributed by atoms with Gasteiger partial charge in [0.15, 0.2) is 0 Å². The van der Waals surface area contributed by atoms with Gasteiger partial charge in [0.05, 0.1) is 0 Å². The fraction of sp³-hybridized carbons (Fsp3) is 0.294. The van der Waals surface area contributed by atoms with Crippen molar-refractivity contribution >= 4 is 11.6 Å². The van der Waals surface area contributed by atoms with E-state index in [0.29, 0.717) is 0 Å². The SMILES string of the molecule is CNCc1ccc(-c2cc(C)c(C)cc2C)c(Cl)c1. The van der Waals surface area contributed by atoms with Gasteiger partial charge in [-0.2, -0.15) is 0 Å². The summed E-state index contributed by atoms with van der Waals surface area (Å²) in [4.78, 5) is 0. The van der Waals surface area contributed by atoms with E-state index in [1.165, 1.54) is 27.8 Å². The van der Waals surface area contributed by atoms with Crippen molar-refractivity contribution in [1.82, 2.24) is 5.32 Å². The number of halogens is 1. The van der Waals surface area contributed by atoms with Crippen LogP contribution in [0.2, 0.25) is 5.02 Å². The Hall–Kier alpha value is -1.31. The average Bonchev–Trinajstić information content (AvgIpc) is 2.35. The van der Waals surface area contributed by atoms with E-state index in [2.05, 4.69) is 50.4 Å². The van der Waals surface area contributed by atoms with E-state index in [4.69, 9.17) is 11.6 Å². The highest BCUT2D eigenvalue weighted by Crippen LogP contribution is 2.32. The maximum Gasteiger partial charge on any atom is 0.0487 e. The summed E-state index contributed by atoms with van der Waals surface area (Å²) in [6, 6.07) is 10.7. The van der Waals surface area contributed by atoms with Gasteiger partial charge in [0, 0.05) is 17.1 Å². The number of hydrogen-bond acceptors (Lipinski definition) is 1. The van der Waals surface area contributed by atoms with Crippen molar-refractivity contribution in [3.8, 4) is 11.1 Å². The Morgan fingerprint density at radius 2 is 1.58 bits per heavy atom. The molecule has 1 nitrogen and oxygen atoms in total. The van der Waals surface area contributed by atoms with Crippen LogP contribution in [0.15, 0.2) is 30.3 Å². The van der Waals surface area contributed by atoms with Gasteiger partial charge in [-0.05, 0) is 61.7 Å². The standard InChI is InChI=1S/C17H20ClN/c1-11-7-13(3)16(8-12(11)2)15-6-5-14(10-19-4)9-17(15)18/h5-9,19H,10H2,1-4H3. The first-order valence-electron chi connectivity index (χ1n) is 6.54. The quantitative estimate of drug-likeness (QED) is 0.858. The molecule has 0 bridgehead atoms. The molecule has 0 atom stereocenters. The number of rotatable bonds is 3. The fourth-order valence-electron chi connectivity index (χ4n) is 2.34. The third-order valence-corrected chi connectivity index (χ3v) is 3.86. The fourth-order valence-corrected chi connectivity index (χ4v) is 2.65. The lowest BCUT2D eigenvalue weighted by atomic mass is 9.95. The Morgan fingerprint density at radius 3 is 2.21 bits per heavy atom. The summed E-state index contributed by atoms with van der Waals surface area (Å²) in [7, 11) is 1.94. The van der Waals surface area contributed by atoms with Crippen LogP contribution in [0.1, 0.15) is 22.3 Å². The van der Waals surface area contributed by atoms with E-state index >= 15 is 0 Å². The minimum absolute atomic E-state index is 0.819. The minimum Gasteiger partial charge on any atom is -0.316 e. The van der Waals surface area contributed by atoms with Crippen molar-refractivity contribution in [3.05, 3.63) is 57.6 Å². The smallest absolute Gasteiger partial charge is 0.0487 e. The molecule has 0 aliphatic rings. The second kappa shape index (κ2) is 5.77. The molecule has 0 amide bonds. The molecule has 19 heavy (non-hydrogen) atoms. The van der Waals surface area contributed by atoms with Gasteiger partial charge in [0.25, 0.3) is 0 Å². The van der Waals surface area contributed by atoms with Gasteiger partial charge in [0.2, 0.25) is 0 Å². The van der Waals surface area contributed by atoms with Gasteiger partial charge >= 0.3 is 0 Å². The summed E-state index contributed by atoms with van der Waals surface area (Å²) >= 11 is 6.44. The number of aryl methyl sites for hydroxylation is 3. The van der Waals surface area contributed by atoms with Gasteiger partial charge in [-0.15, -0.1) is 0 Å². The summed E-state index contributed by atoms with van der Waals surface area (Å²) < 4.78 is 0. The summed E-state index contributed by atoms with van der Waals surface area (Å²) in [5.41, 5.74) is 7.44. The summed E-state index contributed by atoms with van der Waals surface area (Å²) in [5.74, 6) is 0. The summed E-state index contributed by atoms with van der Waals surface area (Å²) in [6.07, 6.45) is 0. The van der Waals surface area contributed by atoms with E-state index in [1.54, 1.807) is 0 Å². The second-order valence-electron chi connectivity index (χ2n) is 5.10. The number of benzene rings is 2. The predicted molar refractivity (Wildman–Crippen MR) is 83.9 cm³/mol. The van der Waals surface area contributed by atoms with Crippen molar-refractivity contribution in [2.75, 3.05) is 7.05 Å². The lowest BCUT2D eigenvalue weighted by molar-refractivity contribution is 0.818. The Kier molecular flexibility index (Phi) is 4.28. The van der Waals surface area contributed by atoms with Crippen LogP contribution in [0.5, 0.6) is 0 Å². The molecule has 2 aromatic carbocycles. The Labute approximate surface area is 120 Å². The van der Waals surface area contributed by atoms with Crippen LogP contribution in [-0.4, -0.2) is 7.05 Å². The van der Waals surface area contributed by atoms with Crippen molar-refractivity contribution in [1.29, 1.82) is 0 Å². The average molecular weight is 274 g/mol. The van der Waals surface area contributed by atoms with Crippen molar-refractivity contribution in [3.63, 3.8) is 0 Å². The van der Waals surface area contributed by atoms with E-state index in [0.717, 1.165) is 17.1 Å². The predicted octanol–water partition coefficient (Wildman–Crippen LogP) is 4.65. The Morgan fingerprint density at radius 1 is 0.895 bits per heavy atom. The highest BCUT2D eigenvalue weighted by Gasteiger charge is 2.09. The third-order valence-electron chi connectivity index (χ3n) is 3.55. The first-order valence-corrected chi connectivity index (χ1v) is 6.92. The van der Waals surface area contributed by atoms with Gasteiger partial charge in [0.1, 0.15) is 0 Å². The van der Waals surface area contributed by atoms with Crippen LogP contribution in [0.25, 0.3) is 11.1 Å². The molecule has 0 radical (unpaired) electrons. The number of hydrogen-bond donors (Lipinski definition) is 1. The molecule has 0 aliphatic heterocycles. The molecule has 2 rings (SSSR count). The zero-order valence-corrected chi connectivity index (χ0v) is 12.7. The Balaban J connectivity index is 2.50. The van der Waals surface area contributed by atoms with Crippen molar-refractivity contribution in [2.45, 2.75) is 27.3 Å². The van der Waals surface area contributed by atoms with E-state index in [1.807, 2.05) is 13.1 Å². The van der Waals surface area contributed by atoms with Crippen LogP contribution < -0.4 is 5.32 Å². The third kappa shape index (κ3) is 2.99. The molecule has 0 aliphatic carbocycles. The first-order chi connectivity index (χ1) is 9.02. The van der Waals surface area contributed by atoms with Gasteiger partial charge in [-0.25, -0.2) is 0 Å². The van der Waals surface area contributed by atoms with Crippen LogP contribution in [0.3, 0.4) is 0 Å². The summed E-state index contributed by atoms with van der Waals surface area (Å²) in [6.45, 7) is 7.26. The molecule has 0 spiro atoms. The van der Waals surface area contributed by atoms with Crippen molar-refractivity contribution in [2.24, 2.45) is 0 Å². The molecule has 2 heteroatoms. The summed E-state index contributed by atoms with van der Waals surface area (Å²) in [5, 5.41) is 3.96. The molecule has 100 valence electrons. The van der Waals surface area contributed by atoms with Crippen LogP contribution >= 0.6 is 11.6 Å². The molecule has 0 unspecified atom stereocenters. The molecule has 0 heterocycles. The number of nitrogens with one attached hydrogen (secondary N) is 1. The Bertz CT molecular complexity index is 602. The van der Waals surface area contributed by atoms with Crippen molar-refractivity contribution < 1.29 is 0 Å². The van der Waals surface area contributed by atoms with Gasteiger partial charge < -0.3 is 5.32 Å². The largest absolute Gasteiger partial charge is 0.316 e. The van der Waals surface area contributed by atoms with Gasteiger partial charge in [-0.3, -0.25) is 0 Å². The molecule has 0 saturated carbocycles. The lowest BCUT2D eigenvalue weighted by Crippen LogP contribution is -2.04. The van der Waals surface area contributed by atoms with E-state index < -0.39 is 0 Å². The van der Waals surface area contributed by atoms with E-state index in [-0.39, 0.29) is 0 Å². The molecular formula is C17H20ClN. The zero-order chi connectivity index (χ0) is 14.0. The topological polar surface area (TPSA) is 12.0 Å². The first kappa shape index (κ1) is 14.1. The molecular weight excluding hydrogens is 254 g/mol. The van der Waals surface area contributed by atoms with Crippen LogP contribution in [0.4, 0.5) is 0 Å². The van der Waals surface area contributed by atoms with E-state index in [9.17, 15) is 0 Å². The second-order valence-corrected chi connectivity index (χ2v) is 5.50. The molecule has 0 fully saturated rings. The molecule has 2 aromatic rings. The van der Waals surface area contributed by atoms with Crippen LogP contribution in [0, 0.1) is 20.8 Å². The van der Waals surface area contributed by atoms with Gasteiger partial charge in [-0.1, -0.05) is 35.9 Å². The highest BCUT2D eigenvalue weighted by molar-refractivity contribution is 6.33. The lowest BCUT2D eigenvalue weighted by Gasteiger charge is -2.12. The monoisotopic (exact) mass is 273 g/mol. The maximum absolute atomic E-state index is 6.44. The zero-order valence-electron chi connectivity index (χ0n) is 12.0.